The molecular weight excluding hydrogens is 267 g/mol. The van der Waals surface area contributed by atoms with Crippen LogP contribution in [0, 0.1) is 0 Å². The maximum absolute atomic E-state index is 12.6. The van der Waals surface area contributed by atoms with Crippen molar-refractivity contribution in [3.8, 4) is 0 Å². The molecule has 0 spiro atoms. The highest BCUT2D eigenvalue weighted by molar-refractivity contribution is 5.56. The molecule has 0 radical (unpaired) electrons. The van der Waals surface area contributed by atoms with Crippen molar-refractivity contribution in [3.63, 3.8) is 0 Å². The number of alkyl halides is 3. The van der Waals surface area contributed by atoms with Crippen molar-refractivity contribution in [1.82, 2.24) is 0 Å². The molecule has 2 nitrogen and oxygen atoms in total. The summed E-state index contributed by atoms with van der Waals surface area (Å²) in [6.07, 6.45) is -3.01. The SMILES string of the molecule is CC[C@@H](O)c1ccccc1N1CC=C(C(F)(F)F)CC1. The van der Waals surface area contributed by atoms with Crippen LogP contribution in [0.25, 0.3) is 0 Å². The number of halogens is 3. The van der Waals surface area contributed by atoms with Crippen LogP contribution >= 0.6 is 0 Å². The lowest BCUT2D eigenvalue weighted by Crippen LogP contribution is -2.32. The summed E-state index contributed by atoms with van der Waals surface area (Å²) in [5.74, 6) is 0. The lowest BCUT2D eigenvalue weighted by atomic mass is 10.0. The summed E-state index contributed by atoms with van der Waals surface area (Å²) in [7, 11) is 0. The first-order chi connectivity index (χ1) is 9.43. The van der Waals surface area contributed by atoms with Crippen LogP contribution in [0.5, 0.6) is 0 Å². The van der Waals surface area contributed by atoms with Crippen LogP contribution in [-0.2, 0) is 0 Å². The van der Waals surface area contributed by atoms with E-state index in [1.54, 1.807) is 0 Å². The number of anilines is 1. The Morgan fingerprint density at radius 2 is 2.00 bits per heavy atom. The van der Waals surface area contributed by atoms with Crippen molar-refractivity contribution in [2.24, 2.45) is 0 Å². The molecule has 0 aromatic heterocycles. The maximum atomic E-state index is 12.6. The summed E-state index contributed by atoms with van der Waals surface area (Å²) in [6.45, 7) is 2.42. The number of rotatable bonds is 3. The number of para-hydroxylation sites is 1. The fourth-order valence-electron chi connectivity index (χ4n) is 2.42. The van der Waals surface area contributed by atoms with Gasteiger partial charge in [0.15, 0.2) is 0 Å². The second-order valence-corrected chi connectivity index (χ2v) is 4.91. The molecule has 0 unspecified atom stereocenters. The maximum Gasteiger partial charge on any atom is 0.412 e. The molecule has 0 bridgehead atoms. The zero-order valence-electron chi connectivity index (χ0n) is 11.3. The number of benzene rings is 1. The summed E-state index contributed by atoms with van der Waals surface area (Å²) in [5, 5.41) is 10.00. The first kappa shape index (κ1) is 14.9. The third kappa shape index (κ3) is 3.15. The van der Waals surface area contributed by atoms with Gasteiger partial charge in [0.2, 0.25) is 0 Å². The first-order valence-electron chi connectivity index (χ1n) is 6.71. The smallest absolute Gasteiger partial charge is 0.388 e. The number of aliphatic hydroxyl groups is 1. The van der Waals surface area contributed by atoms with E-state index in [1.807, 2.05) is 36.1 Å². The molecule has 2 rings (SSSR count). The average molecular weight is 285 g/mol. The third-order valence-corrected chi connectivity index (χ3v) is 3.60. The molecule has 1 aliphatic rings. The Hall–Kier alpha value is -1.49. The Morgan fingerprint density at radius 1 is 1.30 bits per heavy atom. The van der Waals surface area contributed by atoms with Crippen LogP contribution in [0.1, 0.15) is 31.4 Å². The summed E-state index contributed by atoms with van der Waals surface area (Å²) in [4.78, 5) is 1.88. The molecule has 0 amide bonds. The predicted octanol–water partition coefficient (Wildman–Crippen LogP) is 3.83. The normalized spacial score (nSPS) is 17.9. The van der Waals surface area contributed by atoms with Crippen LogP contribution in [0.2, 0.25) is 0 Å². The van der Waals surface area contributed by atoms with E-state index in [9.17, 15) is 18.3 Å². The van der Waals surface area contributed by atoms with Gasteiger partial charge in [-0.3, -0.25) is 0 Å². The van der Waals surface area contributed by atoms with Gasteiger partial charge in [-0.15, -0.1) is 0 Å². The van der Waals surface area contributed by atoms with Crippen LogP contribution < -0.4 is 4.90 Å². The van der Waals surface area contributed by atoms with Gasteiger partial charge in [-0.05, 0) is 18.9 Å². The van der Waals surface area contributed by atoms with Crippen molar-refractivity contribution >= 4 is 5.69 Å². The second-order valence-electron chi connectivity index (χ2n) is 4.91. The van der Waals surface area contributed by atoms with Crippen LogP contribution in [-0.4, -0.2) is 24.4 Å². The number of nitrogens with zero attached hydrogens (tertiary/aromatic N) is 1. The van der Waals surface area contributed by atoms with Crippen LogP contribution in [0.4, 0.5) is 18.9 Å². The molecular formula is C15H18F3NO. The zero-order valence-corrected chi connectivity index (χ0v) is 11.3. The molecule has 1 aromatic rings. The summed E-state index contributed by atoms with van der Waals surface area (Å²) < 4.78 is 37.8. The fraction of sp³-hybridized carbons (Fsp3) is 0.467. The monoisotopic (exact) mass is 285 g/mol. The number of aliphatic hydroxyl groups excluding tert-OH is 1. The fourth-order valence-corrected chi connectivity index (χ4v) is 2.42. The number of hydrogen-bond donors (Lipinski definition) is 1. The molecule has 1 heterocycles. The highest BCUT2D eigenvalue weighted by Crippen LogP contribution is 2.34. The summed E-state index contributed by atoms with van der Waals surface area (Å²) in [5.41, 5.74) is 1.14. The van der Waals surface area contributed by atoms with Gasteiger partial charge in [-0.2, -0.15) is 13.2 Å². The van der Waals surface area contributed by atoms with Gasteiger partial charge in [0.25, 0.3) is 0 Å². The Morgan fingerprint density at radius 3 is 2.55 bits per heavy atom. The van der Waals surface area contributed by atoms with E-state index in [0.29, 0.717) is 13.0 Å². The standard InChI is InChI=1S/C15H18F3NO/c1-2-14(20)12-5-3-4-6-13(12)19-9-7-11(8-10-19)15(16,17)18/h3-7,14,20H,2,8-10H2,1H3/t14-/m1/s1. The zero-order chi connectivity index (χ0) is 14.8. The van der Waals surface area contributed by atoms with E-state index in [1.165, 1.54) is 6.08 Å². The van der Waals surface area contributed by atoms with E-state index in [4.69, 9.17) is 0 Å². The Balaban J connectivity index is 2.21. The topological polar surface area (TPSA) is 23.5 Å². The van der Waals surface area contributed by atoms with E-state index < -0.39 is 17.9 Å². The van der Waals surface area contributed by atoms with Crippen molar-refractivity contribution in [1.29, 1.82) is 0 Å². The second kappa shape index (κ2) is 5.87. The summed E-state index contributed by atoms with van der Waals surface area (Å²) >= 11 is 0. The van der Waals surface area contributed by atoms with E-state index >= 15 is 0 Å². The Labute approximate surface area is 116 Å². The van der Waals surface area contributed by atoms with Gasteiger partial charge in [-0.1, -0.05) is 31.2 Å². The lowest BCUT2D eigenvalue weighted by molar-refractivity contribution is -0.0944. The van der Waals surface area contributed by atoms with Gasteiger partial charge in [0.1, 0.15) is 0 Å². The van der Waals surface area contributed by atoms with Crippen molar-refractivity contribution in [2.45, 2.75) is 32.0 Å². The van der Waals surface area contributed by atoms with Gasteiger partial charge in [-0.25, -0.2) is 0 Å². The first-order valence-corrected chi connectivity index (χ1v) is 6.71. The molecule has 1 atom stereocenters. The predicted molar refractivity (Wildman–Crippen MR) is 72.7 cm³/mol. The molecule has 0 aliphatic carbocycles. The molecule has 110 valence electrons. The molecule has 1 N–H and O–H groups in total. The van der Waals surface area contributed by atoms with Crippen molar-refractivity contribution in [3.05, 3.63) is 41.5 Å². The Kier molecular flexibility index (Phi) is 4.38. The quantitative estimate of drug-likeness (QED) is 0.853. The third-order valence-electron chi connectivity index (χ3n) is 3.60. The molecule has 0 saturated carbocycles. The molecule has 20 heavy (non-hydrogen) atoms. The molecule has 1 aliphatic heterocycles. The summed E-state index contributed by atoms with van der Waals surface area (Å²) in [6, 6.07) is 7.34. The van der Waals surface area contributed by atoms with Gasteiger partial charge in [0.05, 0.1) is 6.10 Å². The van der Waals surface area contributed by atoms with Gasteiger partial charge < -0.3 is 10.0 Å². The molecule has 0 fully saturated rings. The minimum Gasteiger partial charge on any atom is -0.388 e. The highest BCUT2D eigenvalue weighted by Gasteiger charge is 2.35. The van der Waals surface area contributed by atoms with Gasteiger partial charge in [0, 0.05) is 29.9 Å². The Bertz CT molecular complexity index is 496. The van der Waals surface area contributed by atoms with E-state index in [-0.39, 0.29) is 13.0 Å². The minimum absolute atomic E-state index is 0.0138. The van der Waals surface area contributed by atoms with Crippen molar-refractivity contribution < 1.29 is 18.3 Å². The minimum atomic E-state index is -4.23. The lowest BCUT2D eigenvalue weighted by Gasteiger charge is -2.31. The average Bonchev–Trinajstić information content (AvgIpc) is 2.45. The molecule has 5 heteroatoms. The largest absolute Gasteiger partial charge is 0.412 e. The van der Waals surface area contributed by atoms with Crippen LogP contribution in [0.3, 0.4) is 0 Å². The van der Waals surface area contributed by atoms with Crippen LogP contribution in [0.15, 0.2) is 35.9 Å². The van der Waals surface area contributed by atoms with Crippen molar-refractivity contribution in [2.75, 3.05) is 18.0 Å². The number of hydrogen-bond acceptors (Lipinski definition) is 2. The van der Waals surface area contributed by atoms with E-state index in [0.717, 1.165) is 11.3 Å². The van der Waals surface area contributed by atoms with E-state index in [2.05, 4.69) is 0 Å². The molecule has 0 saturated heterocycles. The van der Waals surface area contributed by atoms with Gasteiger partial charge >= 0.3 is 6.18 Å². The molecule has 1 aromatic carbocycles. The highest BCUT2D eigenvalue weighted by atomic mass is 19.4.